The van der Waals surface area contributed by atoms with Crippen LogP contribution in [0.15, 0.2) is 0 Å². The minimum atomic E-state index is 0.0353. The van der Waals surface area contributed by atoms with Crippen LogP contribution >= 0.6 is 0 Å². The summed E-state index contributed by atoms with van der Waals surface area (Å²) in [5, 5.41) is 12.3. The Morgan fingerprint density at radius 2 is 2.06 bits per heavy atom. The lowest BCUT2D eigenvalue weighted by Crippen LogP contribution is -2.38. The van der Waals surface area contributed by atoms with Gasteiger partial charge in [0.1, 0.15) is 0 Å². The van der Waals surface area contributed by atoms with Gasteiger partial charge < -0.3 is 15.3 Å². The molecule has 0 aromatic rings. The third-order valence-corrected chi connectivity index (χ3v) is 3.56. The highest BCUT2D eigenvalue weighted by atomic mass is 16.3. The van der Waals surface area contributed by atoms with Crippen molar-refractivity contribution in [3.05, 3.63) is 0 Å². The number of amides is 1. The first-order valence-electron chi connectivity index (χ1n) is 6.68. The molecular weight excluding hydrogens is 216 g/mol. The number of aliphatic hydroxyl groups excluding tert-OH is 1. The van der Waals surface area contributed by atoms with Crippen molar-refractivity contribution in [1.82, 2.24) is 10.2 Å². The molecule has 0 bridgehead atoms. The van der Waals surface area contributed by atoms with Crippen LogP contribution in [0.4, 0.5) is 0 Å². The third-order valence-electron chi connectivity index (χ3n) is 3.56. The lowest BCUT2D eigenvalue weighted by Gasteiger charge is -2.29. The Morgan fingerprint density at radius 3 is 2.71 bits per heavy atom. The molecule has 0 spiro atoms. The number of hydrogen-bond donors (Lipinski definition) is 2. The molecular formula is C13H26N2O2. The van der Waals surface area contributed by atoms with Crippen molar-refractivity contribution in [1.29, 1.82) is 0 Å². The van der Waals surface area contributed by atoms with E-state index in [1.54, 1.807) is 0 Å². The molecule has 0 heterocycles. The van der Waals surface area contributed by atoms with Gasteiger partial charge in [-0.05, 0) is 45.8 Å². The van der Waals surface area contributed by atoms with Crippen LogP contribution in [-0.2, 0) is 4.79 Å². The predicted octanol–water partition coefficient (Wildman–Crippen LogP) is 0.853. The van der Waals surface area contributed by atoms with Gasteiger partial charge >= 0.3 is 0 Å². The Bertz CT molecular complexity index is 231. The molecule has 1 saturated carbocycles. The van der Waals surface area contributed by atoms with Gasteiger partial charge in [-0.2, -0.15) is 0 Å². The summed E-state index contributed by atoms with van der Waals surface area (Å²) in [7, 11) is 4.06. The Balaban J connectivity index is 2.25. The zero-order valence-corrected chi connectivity index (χ0v) is 11.1. The standard InChI is InChI=1S/C13H26N2O2/c1-15(2)9-5-8-14-13(17)12-7-4-3-6-11(12)10-16/h11-12,16H,3-10H2,1-2H3,(H,14,17). The van der Waals surface area contributed by atoms with Gasteiger partial charge in [0.25, 0.3) is 0 Å². The first-order chi connectivity index (χ1) is 8.15. The molecule has 0 radical (unpaired) electrons. The van der Waals surface area contributed by atoms with Crippen LogP contribution in [0, 0.1) is 11.8 Å². The van der Waals surface area contributed by atoms with Crippen LogP contribution in [-0.4, -0.2) is 49.7 Å². The molecule has 1 amide bonds. The van der Waals surface area contributed by atoms with Crippen LogP contribution in [0.3, 0.4) is 0 Å². The normalized spacial score (nSPS) is 24.9. The predicted molar refractivity (Wildman–Crippen MR) is 68.7 cm³/mol. The smallest absolute Gasteiger partial charge is 0.223 e. The number of carbonyl (C=O) groups is 1. The van der Waals surface area contributed by atoms with Crippen LogP contribution in [0.25, 0.3) is 0 Å². The molecule has 2 atom stereocenters. The van der Waals surface area contributed by atoms with E-state index in [1.165, 1.54) is 0 Å². The molecule has 1 rings (SSSR count). The Hall–Kier alpha value is -0.610. The van der Waals surface area contributed by atoms with E-state index >= 15 is 0 Å². The van der Waals surface area contributed by atoms with E-state index in [2.05, 4.69) is 10.2 Å². The molecule has 0 aliphatic heterocycles. The molecule has 100 valence electrons. The Kier molecular flexibility index (Phi) is 6.52. The number of nitrogens with zero attached hydrogens (tertiary/aromatic N) is 1. The van der Waals surface area contributed by atoms with E-state index in [9.17, 15) is 9.90 Å². The van der Waals surface area contributed by atoms with E-state index < -0.39 is 0 Å². The van der Waals surface area contributed by atoms with Gasteiger partial charge in [-0.3, -0.25) is 4.79 Å². The van der Waals surface area contributed by atoms with Gasteiger partial charge in [0.15, 0.2) is 0 Å². The zero-order valence-electron chi connectivity index (χ0n) is 11.1. The summed E-state index contributed by atoms with van der Waals surface area (Å²) < 4.78 is 0. The minimum absolute atomic E-state index is 0.0353. The summed E-state index contributed by atoms with van der Waals surface area (Å²) in [5.41, 5.74) is 0. The average molecular weight is 242 g/mol. The van der Waals surface area contributed by atoms with E-state index in [-0.39, 0.29) is 24.3 Å². The molecule has 1 aliphatic carbocycles. The second kappa shape index (κ2) is 7.67. The molecule has 0 aromatic carbocycles. The van der Waals surface area contributed by atoms with Gasteiger partial charge in [-0.1, -0.05) is 12.8 Å². The maximum atomic E-state index is 12.0. The summed E-state index contributed by atoms with van der Waals surface area (Å²) in [6, 6.07) is 0. The van der Waals surface area contributed by atoms with E-state index in [1.807, 2.05) is 14.1 Å². The lowest BCUT2D eigenvalue weighted by molar-refractivity contribution is -0.128. The van der Waals surface area contributed by atoms with Crippen molar-refractivity contribution in [2.45, 2.75) is 32.1 Å². The number of carbonyl (C=O) groups excluding carboxylic acids is 1. The summed E-state index contributed by atoms with van der Waals surface area (Å²) in [4.78, 5) is 14.1. The van der Waals surface area contributed by atoms with Crippen molar-refractivity contribution in [2.24, 2.45) is 11.8 Å². The Morgan fingerprint density at radius 1 is 1.35 bits per heavy atom. The lowest BCUT2D eigenvalue weighted by atomic mass is 9.79. The molecule has 2 unspecified atom stereocenters. The van der Waals surface area contributed by atoms with Crippen LogP contribution < -0.4 is 5.32 Å². The molecule has 2 N–H and O–H groups in total. The molecule has 4 nitrogen and oxygen atoms in total. The van der Waals surface area contributed by atoms with E-state index in [4.69, 9.17) is 0 Å². The van der Waals surface area contributed by atoms with Crippen molar-refractivity contribution >= 4 is 5.91 Å². The number of rotatable bonds is 6. The maximum absolute atomic E-state index is 12.0. The highest BCUT2D eigenvalue weighted by molar-refractivity contribution is 5.79. The first kappa shape index (κ1) is 14.5. The topological polar surface area (TPSA) is 52.6 Å². The quantitative estimate of drug-likeness (QED) is 0.679. The summed E-state index contributed by atoms with van der Waals surface area (Å²) >= 11 is 0. The monoisotopic (exact) mass is 242 g/mol. The maximum Gasteiger partial charge on any atom is 0.223 e. The van der Waals surface area contributed by atoms with Gasteiger partial charge in [0, 0.05) is 19.1 Å². The molecule has 1 fully saturated rings. The second-order valence-electron chi connectivity index (χ2n) is 5.28. The van der Waals surface area contributed by atoms with Gasteiger partial charge in [-0.25, -0.2) is 0 Å². The number of hydrogen-bond acceptors (Lipinski definition) is 3. The van der Waals surface area contributed by atoms with Gasteiger partial charge in [0.05, 0.1) is 0 Å². The molecule has 17 heavy (non-hydrogen) atoms. The van der Waals surface area contributed by atoms with Crippen LogP contribution in [0.2, 0.25) is 0 Å². The van der Waals surface area contributed by atoms with Crippen molar-refractivity contribution in [3.8, 4) is 0 Å². The largest absolute Gasteiger partial charge is 0.396 e. The number of nitrogens with one attached hydrogen (secondary N) is 1. The van der Waals surface area contributed by atoms with Crippen molar-refractivity contribution in [3.63, 3.8) is 0 Å². The summed E-state index contributed by atoms with van der Waals surface area (Å²) in [5.74, 6) is 0.355. The molecule has 0 saturated heterocycles. The Labute approximate surface area is 104 Å². The second-order valence-corrected chi connectivity index (χ2v) is 5.28. The highest BCUT2D eigenvalue weighted by Crippen LogP contribution is 2.29. The van der Waals surface area contributed by atoms with Crippen molar-refractivity contribution < 1.29 is 9.90 Å². The summed E-state index contributed by atoms with van der Waals surface area (Å²) in [6.07, 6.45) is 5.17. The average Bonchev–Trinajstić information content (AvgIpc) is 2.34. The van der Waals surface area contributed by atoms with Crippen LogP contribution in [0.5, 0.6) is 0 Å². The fraction of sp³-hybridized carbons (Fsp3) is 0.923. The fourth-order valence-electron chi connectivity index (χ4n) is 2.51. The zero-order chi connectivity index (χ0) is 12.7. The first-order valence-corrected chi connectivity index (χ1v) is 6.68. The fourth-order valence-corrected chi connectivity index (χ4v) is 2.51. The van der Waals surface area contributed by atoms with E-state index in [0.29, 0.717) is 0 Å². The number of aliphatic hydroxyl groups is 1. The molecule has 1 aliphatic rings. The van der Waals surface area contributed by atoms with Gasteiger partial charge in [0.2, 0.25) is 5.91 Å². The van der Waals surface area contributed by atoms with Crippen LogP contribution in [0.1, 0.15) is 32.1 Å². The minimum Gasteiger partial charge on any atom is -0.396 e. The van der Waals surface area contributed by atoms with E-state index in [0.717, 1.165) is 45.2 Å². The summed E-state index contributed by atoms with van der Waals surface area (Å²) in [6.45, 7) is 1.88. The SMILES string of the molecule is CN(C)CCCNC(=O)C1CCCCC1CO. The highest BCUT2D eigenvalue weighted by Gasteiger charge is 2.29. The third kappa shape index (κ3) is 5.04. The van der Waals surface area contributed by atoms with Gasteiger partial charge in [-0.15, -0.1) is 0 Å². The van der Waals surface area contributed by atoms with Crippen molar-refractivity contribution in [2.75, 3.05) is 33.8 Å². The molecule has 0 aromatic heterocycles. The molecule has 4 heteroatoms.